The normalized spacial score (nSPS) is 28.5. The van der Waals surface area contributed by atoms with E-state index in [1.807, 2.05) is 24.1 Å². The van der Waals surface area contributed by atoms with Crippen LogP contribution in [-0.4, -0.2) is 84.5 Å². The van der Waals surface area contributed by atoms with Crippen molar-refractivity contribution in [3.05, 3.63) is 18.0 Å². The first-order valence-electron chi connectivity index (χ1n) is 8.81. The Bertz CT molecular complexity index is 561. The minimum absolute atomic E-state index is 0.0203. The van der Waals surface area contributed by atoms with Gasteiger partial charge in [-0.2, -0.15) is 5.10 Å². The van der Waals surface area contributed by atoms with Crippen LogP contribution in [0, 0.1) is 5.92 Å². The molecular weight excluding hydrogens is 306 g/mol. The Balaban J connectivity index is 1.62. The fourth-order valence-electron chi connectivity index (χ4n) is 3.89. The van der Waals surface area contributed by atoms with Crippen molar-refractivity contribution in [1.29, 1.82) is 0 Å². The number of nitrogens with zero attached hydrogens (tertiary/aromatic N) is 4. The van der Waals surface area contributed by atoms with Gasteiger partial charge in [0.15, 0.2) is 0 Å². The van der Waals surface area contributed by atoms with Crippen molar-refractivity contribution in [2.45, 2.75) is 18.9 Å². The Kier molecular flexibility index (Phi) is 5.53. The number of hydrogen-bond donors (Lipinski definition) is 1. The lowest BCUT2D eigenvalue weighted by Crippen LogP contribution is -2.55. The molecule has 1 N–H and O–H groups in total. The molecule has 0 saturated carbocycles. The van der Waals surface area contributed by atoms with Gasteiger partial charge in [-0.15, -0.1) is 0 Å². The highest BCUT2D eigenvalue weighted by Gasteiger charge is 2.38. The second-order valence-corrected chi connectivity index (χ2v) is 6.98. The summed E-state index contributed by atoms with van der Waals surface area (Å²) in [6.45, 7) is 8.02. The van der Waals surface area contributed by atoms with Gasteiger partial charge < -0.3 is 15.0 Å². The summed E-state index contributed by atoms with van der Waals surface area (Å²) in [5, 5.41) is 7.65. The van der Waals surface area contributed by atoms with Crippen LogP contribution in [0.25, 0.3) is 0 Å². The van der Waals surface area contributed by atoms with Crippen LogP contribution in [0.5, 0.6) is 0 Å². The van der Waals surface area contributed by atoms with E-state index in [1.54, 1.807) is 7.11 Å². The van der Waals surface area contributed by atoms with E-state index in [2.05, 4.69) is 27.1 Å². The summed E-state index contributed by atoms with van der Waals surface area (Å²) in [6.07, 6.45) is 3.92. The van der Waals surface area contributed by atoms with Crippen LogP contribution in [0.4, 0.5) is 0 Å². The summed E-state index contributed by atoms with van der Waals surface area (Å²) in [6, 6.07) is 0.379. The third-order valence-electron chi connectivity index (χ3n) is 5.34. The molecule has 1 amide bonds. The summed E-state index contributed by atoms with van der Waals surface area (Å²) in [5.41, 5.74) is 1.16. The minimum atomic E-state index is 0.0203. The molecule has 0 aromatic carbocycles. The van der Waals surface area contributed by atoms with E-state index in [0.29, 0.717) is 6.04 Å². The van der Waals surface area contributed by atoms with Gasteiger partial charge >= 0.3 is 0 Å². The molecule has 3 atom stereocenters. The number of aryl methyl sites for hydroxylation is 1. The molecule has 1 aromatic heterocycles. The fraction of sp³-hybridized carbons (Fsp3) is 0.765. The standard InChI is InChI=1S/C17H29N5O2/c1-13-11-22(5-4-21(13)6-7-24-3)17(23)16-10-18-9-15(16)14-8-19-20(2)12-14/h8,12-13,15-16,18H,4-7,9-11H2,1-3H3/t13?,15-,16+/m1/s1. The largest absolute Gasteiger partial charge is 0.383 e. The third kappa shape index (κ3) is 3.63. The van der Waals surface area contributed by atoms with Crippen LogP contribution in [0.15, 0.2) is 12.4 Å². The Morgan fingerprint density at radius 1 is 1.42 bits per heavy atom. The Labute approximate surface area is 143 Å². The number of nitrogens with one attached hydrogen (secondary N) is 1. The first kappa shape index (κ1) is 17.4. The molecule has 7 heteroatoms. The van der Waals surface area contributed by atoms with Crippen molar-refractivity contribution in [1.82, 2.24) is 24.9 Å². The van der Waals surface area contributed by atoms with Crippen molar-refractivity contribution in [3.8, 4) is 0 Å². The first-order chi connectivity index (χ1) is 11.6. The maximum absolute atomic E-state index is 13.1. The van der Waals surface area contributed by atoms with Gasteiger partial charge in [0.1, 0.15) is 0 Å². The Morgan fingerprint density at radius 2 is 2.25 bits per heavy atom. The average molecular weight is 335 g/mol. The van der Waals surface area contributed by atoms with Gasteiger partial charge in [0.05, 0.1) is 18.7 Å². The topological polar surface area (TPSA) is 62.6 Å². The van der Waals surface area contributed by atoms with Crippen LogP contribution in [-0.2, 0) is 16.6 Å². The van der Waals surface area contributed by atoms with Crippen molar-refractivity contribution < 1.29 is 9.53 Å². The highest BCUT2D eigenvalue weighted by atomic mass is 16.5. The molecule has 2 aliphatic rings. The van der Waals surface area contributed by atoms with E-state index in [0.717, 1.165) is 51.4 Å². The quantitative estimate of drug-likeness (QED) is 0.814. The zero-order chi connectivity index (χ0) is 17.1. The lowest BCUT2D eigenvalue weighted by Gasteiger charge is -2.41. The molecule has 0 spiro atoms. The van der Waals surface area contributed by atoms with Gasteiger partial charge in [-0.25, -0.2) is 0 Å². The number of ether oxygens (including phenoxy) is 1. The van der Waals surface area contributed by atoms with Gasteiger partial charge in [-0.05, 0) is 12.5 Å². The molecule has 134 valence electrons. The molecule has 24 heavy (non-hydrogen) atoms. The molecule has 0 radical (unpaired) electrons. The van der Waals surface area contributed by atoms with Gasteiger partial charge in [0.25, 0.3) is 0 Å². The third-order valence-corrected chi connectivity index (χ3v) is 5.34. The monoisotopic (exact) mass is 335 g/mol. The SMILES string of the molecule is COCCN1CCN(C(=O)[C@H]2CNC[C@@H]2c2cnn(C)c2)CC1C. The van der Waals surface area contributed by atoms with Gasteiger partial charge in [-0.1, -0.05) is 0 Å². The molecule has 3 rings (SSSR count). The lowest BCUT2D eigenvalue weighted by atomic mass is 9.89. The van der Waals surface area contributed by atoms with Crippen LogP contribution in [0.1, 0.15) is 18.4 Å². The summed E-state index contributed by atoms with van der Waals surface area (Å²) >= 11 is 0. The minimum Gasteiger partial charge on any atom is -0.383 e. The summed E-state index contributed by atoms with van der Waals surface area (Å²) < 4.78 is 6.99. The number of piperazine rings is 1. The molecular formula is C17H29N5O2. The Hall–Kier alpha value is -1.44. The van der Waals surface area contributed by atoms with Crippen LogP contribution >= 0.6 is 0 Å². The molecule has 0 aliphatic carbocycles. The predicted octanol–water partition coefficient (Wildman–Crippen LogP) is -0.0978. The second kappa shape index (κ2) is 7.63. The molecule has 3 heterocycles. The molecule has 2 saturated heterocycles. The van der Waals surface area contributed by atoms with Crippen molar-refractivity contribution in [3.63, 3.8) is 0 Å². The van der Waals surface area contributed by atoms with Crippen LogP contribution < -0.4 is 5.32 Å². The number of methoxy groups -OCH3 is 1. The zero-order valence-electron chi connectivity index (χ0n) is 14.9. The van der Waals surface area contributed by atoms with Crippen molar-refractivity contribution >= 4 is 5.91 Å². The van der Waals surface area contributed by atoms with Gasteiger partial charge in [-0.3, -0.25) is 14.4 Å². The molecule has 0 bridgehead atoms. The molecule has 7 nitrogen and oxygen atoms in total. The highest BCUT2D eigenvalue weighted by molar-refractivity contribution is 5.80. The van der Waals surface area contributed by atoms with Crippen LogP contribution in [0.2, 0.25) is 0 Å². The molecule has 1 unspecified atom stereocenters. The predicted molar refractivity (Wildman–Crippen MR) is 91.8 cm³/mol. The average Bonchev–Trinajstić information content (AvgIpc) is 3.21. The summed E-state index contributed by atoms with van der Waals surface area (Å²) in [5.74, 6) is 0.534. The zero-order valence-corrected chi connectivity index (χ0v) is 14.9. The fourth-order valence-corrected chi connectivity index (χ4v) is 3.89. The van der Waals surface area contributed by atoms with Gasteiger partial charge in [0, 0.05) is 71.6 Å². The number of hydrogen-bond acceptors (Lipinski definition) is 5. The number of carbonyl (C=O) groups is 1. The van der Waals surface area contributed by atoms with Crippen molar-refractivity contribution in [2.75, 3.05) is 53.0 Å². The number of carbonyl (C=O) groups excluding carboxylic acids is 1. The second-order valence-electron chi connectivity index (χ2n) is 6.98. The van der Waals surface area contributed by atoms with Crippen molar-refractivity contribution in [2.24, 2.45) is 13.0 Å². The maximum Gasteiger partial charge on any atom is 0.227 e. The number of amides is 1. The van der Waals surface area contributed by atoms with E-state index >= 15 is 0 Å². The van der Waals surface area contributed by atoms with E-state index < -0.39 is 0 Å². The van der Waals surface area contributed by atoms with E-state index in [-0.39, 0.29) is 17.7 Å². The van der Waals surface area contributed by atoms with E-state index in [1.165, 1.54) is 0 Å². The van der Waals surface area contributed by atoms with Gasteiger partial charge in [0.2, 0.25) is 5.91 Å². The molecule has 1 aromatic rings. The first-order valence-corrected chi connectivity index (χ1v) is 8.81. The number of aromatic nitrogens is 2. The molecule has 2 aliphatic heterocycles. The Morgan fingerprint density at radius 3 is 2.92 bits per heavy atom. The van der Waals surface area contributed by atoms with E-state index in [4.69, 9.17) is 4.74 Å². The lowest BCUT2D eigenvalue weighted by molar-refractivity contribution is -0.138. The summed E-state index contributed by atoms with van der Waals surface area (Å²) in [7, 11) is 3.65. The highest BCUT2D eigenvalue weighted by Crippen LogP contribution is 2.30. The van der Waals surface area contributed by atoms with Crippen LogP contribution in [0.3, 0.4) is 0 Å². The van der Waals surface area contributed by atoms with E-state index in [9.17, 15) is 4.79 Å². The summed E-state index contributed by atoms with van der Waals surface area (Å²) in [4.78, 5) is 17.5. The maximum atomic E-state index is 13.1. The molecule has 2 fully saturated rings. The number of rotatable bonds is 5. The smallest absolute Gasteiger partial charge is 0.227 e.